The summed E-state index contributed by atoms with van der Waals surface area (Å²) in [6.07, 6.45) is 0.478. The molecule has 0 saturated carbocycles. The van der Waals surface area contributed by atoms with Crippen LogP contribution in [0.5, 0.6) is 11.5 Å². The molecular weight excluding hydrogens is 404 g/mol. The Morgan fingerprint density at radius 1 is 1.10 bits per heavy atom. The maximum Gasteiger partial charge on any atom is 0.261 e. The van der Waals surface area contributed by atoms with E-state index in [2.05, 4.69) is 5.32 Å². The van der Waals surface area contributed by atoms with Crippen LogP contribution in [-0.4, -0.2) is 42.5 Å². The van der Waals surface area contributed by atoms with Gasteiger partial charge in [-0.3, -0.25) is 9.59 Å². The van der Waals surface area contributed by atoms with Crippen LogP contribution in [0.15, 0.2) is 48.5 Å². The average molecular weight is 433 g/mol. The molecule has 1 N–H and O–H groups in total. The van der Waals surface area contributed by atoms with E-state index in [1.807, 2.05) is 45.0 Å². The largest absolute Gasteiger partial charge is 0.497 e. The number of carbonyl (C=O) groups excluding carboxylic acids is 2. The Bertz CT molecular complexity index is 857. The van der Waals surface area contributed by atoms with Crippen LogP contribution in [-0.2, 0) is 16.1 Å². The summed E-state index contributed by atoms with van der Waals surface area (Å²) in [7, 11) is 1.59. The Kier molecular flexibility index (Phi) is 8.99. The van der Waals surface area contributed by atoms with Gasteiger partial charge in [0.2, 0.25) is 5.91 Å². The second-order valence-electron chi connectivity index (χ2n) is 7.21. The molecule has 2 aromatic rings. The Labute approximate surface area is 183 Å². The topological polar surface area (TPSA) is 67.9 Å². The zero-order valence-electron chi connectivity index (χ0n) is 17.9. The number of methoxy groups -OCH3 is 1. The number of carbonyl (C=O) groups is 2. The summed E-state index contributed by atoms with van der Waals surface area (Å²) in [6.45, 7) is 5.73. The number of ether oxygens (including phenoxy) is 2. The molecule has 0 aromatic heterocycles. The zero-order chi connectivity index (χ0) is 22.1. The second kappa shape index (κ2) is 11.5. The van der Waals surface area contributed by atoms with E-state index < -0.39 is 6.04 Å². The minimum absolute atomic E-state index is 0.0250. The van der Waals surface area contributed by atoms with Crippen LogP contribution < -0.4 is 14.8 Å². The fraction of sp³-hybridized carbons (Fsp3) is 0.391. The molecule has 0 radical (unpaired) electrons. The van der Waals surface area contributed by atoms with Crippen molar-refractivity contribution in [2.45, 2.75) is 45.8 Å². The predicted molar refractivity (Wildman–Crippen MR) is 118 cm³/mol. The minimum atomic E-state index is -0.617. The minimum Gasteiger partial charge on any atom is -0.497 e. The molecule has 0 aliphatic heterocycles. The molecule has 0 aliphatic rings. The third kappa shape index (κ3) is 6.95. The highest BCUT2D eigenvalue weighted by molar-refractivity contribution is 6.30. The van der Waals surface area contributed by atoms with Crippen LogP contribution >= 0.6 is 11.6 Å². The fourth-order valence-corrected chi connectivity index (χ4v) is 3.23. The van der Waals surface area contributed by atoms with Gasteiger partial charge >= 0.3 is 0 Å². The van der Waals surface area contributed by atoms with E-state index in [9.17, 15) is 9.59 Å². The van der Waals surface area contributed by atoms with Crippen LogP contribution in [0.1, 0.15) is 32.8 Å². The summed E-state index contributed by atoms with van der Waals surface area (Å²) in [4.78, 5) is 27.4. The summed E-state index contributed by atoms with van der Waals surface area (Å²) in [5.74, 6) is 0.710. The first kappa shape index (κ1) is 23.5. The van der Waals surface area contributed by atoms with Gasteiger partial charge in [0.25, 0.3) is 5.91 Å². The van der Waals surface area contributed by atoms with Crippen molar-refractivity contribution in [3.05, 3.63) is 59.1 Å². The number of nitrogens with zero attached hydrogens (tertiary/aromatic N) is 1. The summed E-state index contributed by atoms with van der Waals surface area (Å²) in [5.41, 5.74) is 0.862. The van der Waals surface area contributed by atoms with Crippen LogP contribution in [0.4, 0.5) is 0 Å². The van der Waals surface area contributed by atoms with Gasteiger partial charge < -0.3 is 19.7 Å². The van der Waals surface area contributed by atoms with Crippen LogP contribution in [0, 0.1) is 0 Å². The van der Waals surface area contributed by atoms with Crippen LogP contribution in [0.2, 0.25) is 5.02 Å². The number of nitrogens with one attached hydrogen (secondary N) is 1. The van der Waals surface area contributed by atoms with Gasteiger partial charge in [0.05, 0.1) is 7.11 Å². The van der Waals surface area contributed by atoms with Crippen molar-refractivity contribution in [2.24, 2.45) is 0 Å². The van der Waals surface area contributed by atoms with Crippen molar-refractivity contribution < 1.29 is 19.1 Å². The number of amides is 2. The van der Waals surface area contributed by atoms with E-state index in [-0.39, 0.29) is 31.0 Å². The molecule has 0 aliphatic carbocycles. The zero-order valence-corrected chi connectivity index (χ0v) is 18.6. The van der Waals surface area contributed by atoms with Crippen molar-refractivity contribution in [1.82, 2.24) is 10.2 Å². The molecule has 1 atom stereocenters. The first-order valence-corrected chi connectivity index (χ1v) is 10.3. The molecule has 0 spiro atoms. The monoisotopic (exact) mass is 432 g/mol. The summed E-state index contributed by atoms with van der Waals surface area (Å²) >= 11 is 5.98. The molecule has 0 saturated heterocycles. The number of rotatable bonds is 10. The lowest BCUT2D eigenvalue weighted by atomic mass is 10.1. The smallest absolute Gasteiger partial charge is 0.261 e. The summed E-state index contributed by atoms with van der Waals surface area (Å²) in [6, 6.07) is 13.7. The Morgan fingerprint density at radius 3 is 2.43 bits per heavy atom. The van der Waals surface area contributed by atoms with Gasteiger partial charge in [-0.2, -0.15) is 0 Å². The summed E-state index contributed by atoms with van der Waals surface area (Å²) in [5, 5.41) is 3.43. The molecule has 1 unspecified atom stereocenters. The number of hydrogen-bond donors (Lipinski definition) is 1. The lowest BCUT2D eigenvalue weighted by Gasteiger charge is -2.31. The first-order valence-electron chi connectivity index (χ1n) is 9.95. The maximum absolute atomic E-state index is 13.1. The molecule has 30 heavy (non-hydrogen) atoms. The Balaban J connectivity index is 2.23. The number of benzene rings is 2. The standard InChI is InChI=1S/C23H29ClN2O4/c1-5-21(23(28)25-16(2)3)26(14-17-8-6-10-19(12-17)29-4)22(27)15-30-20-11-7-9-18(24)13-20/h6-13,16,21H,5,14-15H2,1-4H3,(H,25,28). The van der Waals surface area contributed by atoms with Crippen LogP contribution in [0.25, 0.3) is 0 Å². The highest BCUT2D eigenvalue weighted by atomic mass is 35.5. The molecular formula is C23H29ClN2O4. The van der Waals surface area contributed by atoms with Crippen molar-refractivity contribution in [3.63, 3.8) is 0 Å². The molecule has 0 bridgehead atoms. The molecule has 162 valence electrons. The Hall–Kier alpha value is -2.73. The summed E-state index contributed by atoms with van der Waals surface area (Å²) < 4.78 is 10.9. The Morgan fingerprint density at radius 2 is 1.80 bits per heavy atom. The molecule has 0 fully saturated rings. The normalized spacial score (nSPS) is 11.7. The molecule has 2 amide bonds. The van der Waals surface area contributed by atoms with Gasteiger partial charge in [-0.05, 0) is 56.2 Å². The molecule has 6 nitrogen and oxygen atoms in total. The SMILES string of the molecule is CCC(C(=O)NC(C)C)N(Cc1cccc(OC)c1)C(=O)COc1cccc(Cl)c1. The van der Waals surface area contributed by atoms with E-state index in [4.69, 9.17) is 21.1 Å². The van der Waals surface area contributed by atoms with Gasteiger partial charge in [0.15, 0.2) is 6.61 Å². The maximum atomic E-state index is 13.1. The first-order chi connectivity index (χ1) is 14.3. The highest BCUT2D eigenvalue weighted by Crippen LogP contribution is 2.19. The lowest BCUT2D eigenvalue weighted by Crippen LogP contribution is -2.51. The van der Waals surface area contributed by atoms with E-state index >= 15 is 0 Å². The molecule has 0 heterocycles. The van der Waals surface area contributed by atoms with Gasteiger partial charge in [-0.1, -0.05) is 36.7 Å². The third-order valence-corrected chi connectivity index (χ3v) is 4.70. The van der Waals surface area contributed by atoms with Crippen molar-refractivity contribution in [1.29, 1.82) is 0 Å². The van der Waals surface area contributed by atoms with Crippen molar-refractivity contribution >= 4 is 23.4 Å². The van der Waals surface area contributed by atoms with Crippen molar-refractivity contribution in [2.75, 3.05) is 13.7 Å². The van der Waals surface area contributed by atoms with Gasteiger partial charge in [-0.25, -0.2) is 0 Å². The van der Waals surface area contributed by atoms with Crippen molar-refractivity contribution in [3.8, 4) is 11.5 Å². The highest BCUT2D eigenvalue weighted by Gasteiger charge is 2.29. The van der Waals surface area contributed by atoms with E-state index in [0.29, 0.717) is 22.9 Å². The molecule has 2 rings (SSSR count). The number of halogens is 1. The van der Waals surface area contributed by atoms with Gasteiger partial charge in [0.1, 0.15) is 17.5 Å². The molecule has 7 heteroatoms. The molecule has 2 aromatic carbocycles. The quantitative estimate of drug-likeness (QED) is 0.614. The van der Waals surface area contributed by atoms with E-state index in [1.54, 1.807) is 36.3 Å². The fourth-order valence-electron chi connectivity index (χ4n) is 3.05. The van der Waals surface area contributed by atoms with Crippen LogP contribution in [0.3, 0.4) is 0 Å². The van der Waals surface area contributed by atoms with E-state index in [0.717, 1.165) is 5.56 Å². The average Bonchev–Trinajstić information content (AvgIpc) is 2.71. The van der Waals surface area contributed by atoms with Gasteiger partial charge in [0, 0.05) is 17.6 Å². The van der Waals surface area contributed by atoms with Gasteiger partial charge in [-0.15, -0.1) is 0 Å². The van der Waals surface area contributed by atoms with E-state index in [1.165, 1.54) is 0 Å². The third-order valence-electron chi connectivity index (χ3n) is 4.46. The predicted octanol–water partition coefficient (Wildman–Crippen LogP) is 4.06. The second-order valence-corrected chi connectivity index (χ2v) is 7.64. The lowest BCUT2D eigenvalue weighted by molar-refractivity contribution is -0.143. The number of hydrogen-bond acceptors (Lipinski definition) is 4.